The Balaban J connectivity index is 2.42. The van der Waals surface area contributed by atoms with Crippen LogP contribution >= 0.6 is 0 Å². The van der Waals surface area contributed by atoms with Crippen molar-refractivity contribution in [2.24, 2.45) is 4.99 Å². The molecule has 0 saturated carbocycles. The smallest absolute Gasteiger partial charge is 0.282 e. The van der Waals surface area contributed by atoms with Crippen LogP contribution in [0.3, 0.4) is 0 Å². The van der Waals surface area contributed by atoms with Gasteiger partial charge in [-0.15, -0.1) is 0 Å². The molecule has 1 amide bonds. The van der Waals surface area contributed by atoms with E-state index in [0.29, 0.717) is 0 Å². The highest BCUT2D eigenvalue weighted by Gasteiger charge is 2.34. The fourth-order valence-electron chi connectivity index (χ4n) is 1.45. The van der Waals surface area contributed by atoms with Crippen LogP contribution in [-0.2, 0) is 11.0 Å². The second kappa shape index (κ2) is 4.08. The summed E-state index contributed by atoms with van der Waals surface area (Å²) in [6.07, 6.45) is -4.46. The molecule has 90 valence electrons. The minimum absolute atomic E-state index is 0.0116. The number of hydrazine groups is 1. The Labute approximate surface area is 94.5 Å². The van der Waals surface area contributed by atoms with Crippen LogP contribution in [0.25, 0.3) is 0 Å². The van der Waals surface area contributed by atoms with Crippen LogP contribution in [0, 0.1) is 0 Å². The van der Waals surface area contributed by atoms with Crippen molar-refractivity contribution >= 4 is 11.7 Å². The number of amides is 1. The molecule has 0 atom stereocenters. The summed E-state index contributed by atoms with van der Waals surface area (Å²) in [6.45, 7) is -0.186. The lowest BCUT2D eigenvalue weighted by Gasteiger charge is -2.18. The molecule has 0 bridgehead atoms. The Hall–Kier alpha value is -2.05. The summed E-state index contributed by atoms with van der Waals surface area (Å²) in [5, 5.41) is 0. The van der Waals surface area contributed by atoms with Gasteiger partial charge >= 0.3 is 6.18 Å². The number of amidine groups is 1. The SMILES string of the molecule is O=C1CN=C(c2ccccc2C(F)(F)F)NN1. The molecule has 1 aliphatic rings. The number of benzene rings is 1. The van der Waals surface area contributed by atoms with Crippen molar-refractivity contribution < 1.29 is 18.0 Å². The maximum Gasteiger partial charge on any atom is 0.417 e. The number of nitrogens with zero attached hydrogens (tertiary/aromatic N) is 1. The zero-order chi connectivity index (χ0) is 12.5. The maximum absolute atomic E-state index is 12.7. The van der Waals surface area contributed by atoms with E-state index in [-0.39, 0.29) is 17.9 Å². The summed E-state index contributed by atoms with van der Waals surface area (Å²) in [5.41, 5.74) is 3.70. The van der Waals surface area contributed by atoms with Crippen LogP contribution in [0.4, 0.5) is 13.2 Å². The summed E-state index contributed by atoms with van der Waals surface area (Å²) in [6, 6.07) is 5.04. The van der Waals surface area contributed by atoms with E-state index < -0.39 is 17.6 Å². The number of carbonyl (C=O) groups excluding carboxylic acids is 1. The summed E-state index contributed by atoms with van der Waals surface area (Å²) in [4.78, 5) is 14.6. The average Bonchev–Trinajstić information content (AvgIpc) is 2.29. The van der Waals surface area contributed by atoms with E-state index in [9.17, 15) is 18.0 Å². The van der Waals surface area contributed by atoms with Gasteiger partial charge in [-0.25, -0.2) is 0 Å². The highest BCUT2D eigenvalue weighted by molar-refractivity contribution is 6.03. The molecular weight excluding hydrogens is 235 g/mol. The zero-order valence-corrected chi connectivity index (χ0v) is 8.51. The molecule has 2 N–H and O–H groups in total. The minimum Gasteiger partial charge on any atom is -0.282 e. The molecular formula is C10H8F3N3O. The number of halogens is 3. The average molecular weight is 243 g/mol. The Morgan fingerprint density at radius 1 is 1.18 bits per heavy atom. The molecule has 1 heterocycles. The van der Waals surface area contributed by atoms with E-state index in [4.69, 9.17) is 0 Å². The van der Waals surface area contributed by atoms with Gasteiger partial charge in [-0.05, 0) is 6.07 Å². The van der Waals surface area contributed by atoms with Gasteiger partial charge in [0.1, 0.15) is 12.4 Å². The quantitative estimate of drug-likeness (QED) is 0.775. The molecule has 0 aromatic heterocycles. The zero-order valence-electron chi connectivity index (χ0n) is 8.51. The van der Waals surface area contributed by atoms with E-state index in [1.807, 2.05) is 0 Å². The van der Waals surface area contributed by atoms with Gasteiger partial charge in [0.25, 0.3) is 5.91 Å². The highest BCUT2D eigenvalue weighted by Crippen LogP contribution is 2.31. The van der Waals surface area contributed by atoms with Crippen molar-refractivity contribution in [2.45, 2.75) is 6.18 Å². The van der Waals surface area contributed by atoms with Crippen LogP contribution in [0.2, 0.25) is 0 Å². The summed E-state index contributed by atoms with van der Waals surface area (Å²) < 4.78 is 38.1. The van der Waals surface area contributed by atoms with Gasteiger partial charge in [0.15, 0.2) is 0 Å². The second-order valence-corrected chi connectivity index (χ2v) is 3.38. The predicted molar refractivity (Wildman–Crippen MR) is 54.1 cm³/mol. The van der Waals surface area contributed by atoms with Crippen LogP contribution in [0.5, 0.6) is 0 Å². The summed E-state index contributed by atoms with van der Waals surface area (Å²) in [7, 11) is 0. The van der Waals surface area contributed by atoms with E-state index in [0.717, 1.165) is 6.07 Å². The molecule has 1 aromatic carbocycles. The highest BCUT2D eigenvalue weighted by atomic mass is 19.4. The van der Waals surface area contributed by atoms with E-state index in [1.165, 1.54) is 18.2 Å². The third-order valence-electron chi connectivity index (χ3n) is 2.19. The van der Waals surface area contributed by atoms with E-state index in [1.54, 1.807) is 0 Å². The third kappa shape index (κ3) is 2.38. The first-order valence-electron chi connectivity index (χ1n) is 4.74. The molecule has 0 unspecified atom stereocenters. The molecule has 0 spiro atoms. The largest absolute Gasteiger partial charge is 0.417 e. The van der Waals surface area contributed by atoms with Crippen LogP contribution in [0.1, 0.15) is 11.1 Å². The molecule has 1 aliphatic heterocycles. The van der Waals surface area contributed by atoms with Crippen LogP contribution in [0.15, 0.2) is 29.3 Å². The standard InChI is InChI=1S/C10H8F3N3O/c11-10(12,13)7-4-2-1-3-6(7)9-14-5-8(17)15-16-9/h1-4H,5H2,(H,14,16)(H,15,17). The monoisotopic (exact) mass is 243 g/mol. The normalized spacial score (nSPS) is 15.9. The van der Waals surface area contributed by atoms with Gasteiger partial charge in [0.2, 0.25) is 0 Å². The number of hydrogen-bond acceptors (Lipinski definition) is 3. The molecule has 0 aliphatic carbocycles. The molecule has 1 aromatic rings. The van der Waals surface area contributed by atoms with Crippen molar-refractivity contribution in [2.75, 3.05) is 6.54 Å². The van der Waals surface area contributed by atoms with Gasteiger partial charge in [0.05, 0.1) is 5.56 Å². The molecule has 17 heavy (non-hydrogen) atoms. The van der Waals surface area contributed by atoms with Crippen LogP contribution < -0.4 is 10.9 Å². The first-order chi connectivity index (χ1) is 7.98. The number of rotatable bonds is 1. The van der Waals surface area contributed by atoms with E-state index in [2.05, 4.69) is 15.8 Å². The van der Waals surface area contributed by atoms with E-state index >= 15 is 0 Å². The van der Waals surface area contributed by atoms with Crippen LogP contribution in [-0.4, -0.2) is 18.3 Å². The predicted octanol–water partition coefficient (Wildman–Crippen LogP) is 1.09. The maximum atomic E-state index is 12.7. The minimum atomic E-state index is -4.46. The lowest BCUT2D eigenvalue weighted by molar-refractivity contribution is -0.137. The number of alkyl halides is 3. The molecule has 7 heteroatoms. The third-order valence-corrected chi connectivity index (χ3v) is 2.19. The fourth-order valence-corrected chi connectivity index (χ4v) is 1.45. The van der Waals surface area contributed by atoms with Crippen molar-refractivity contribution in [3.8, 4) is 0 Å². The summed E-state index contributed by atoms with van der Waals surface area (Å²) in [5.74, 6) is -0.379. The van der Waals surface area contributed by atoms with Crippen molar-refractivity contribution in [1.82, 2.24) is 10.9 Å². The van der Waals surface area contributed by atoms with Gasteiger partial charge in [0, 0.05) is 5.56 Å². The van der Waals surface area contributed by atoms with Crippen molar-refractivity contribution in [1.29, 1.82) is 0 Å². The Kier molecular flexibility index (Phi) is 2.74. The number of aliphatic imine (C=N–C) groups is 1. The fraction of sp³-hybridized carbons (Fsp3) is 0.200. The van der Waals surface area contributed by atoms with Crippen molar-refractivity contribution in [3.63, 3.8) is 0 Å². The van der Waals surface area contributed by atoms with Gasteiger partial charge in [-0.3, -0.25) is 20.6 Å². The van der Waals surface area contributed by atoms with Gasteiger partial charge in [-0.1, -0.05) is 18.2 Å². The van der Waals surface area contributed by atoms with Crippen molar-refractivity contribution in [3.05, 3.63) is 35.4 Å². The Morgan fingerprint density at radius 2 is 1.88 bits per heavy atom. The molecule has 0 saturated heterocycles. The number of nitrogens with one attached hydrogen (secondary N) is 2. The van der Waals surface area contributed by atoms with Gasteiger partial charge < -0.3 is 0 Å². The first kappa shape index (κ1) is 11.4. The molecule has 0 fully saturated rings. The Bertz CT molecular complexity index is 482. The molecule has 4 nitrogen and oxygen atoms in total. The molecule has 2 rings (SSSR count). The second-order valence-electron chi connectivity index (χ2n) is 3.38. The van der Waals surface area contributed by atoms with Gasteiger partial charge in [-0.2, -0.15) is 13.2 Å². The Morgan fingerprint density at radius 3 is 2.47 bits per heavy atom. The number of hydrogen-bond donors (Lipinski definition) is 2. The summed E-state index contributed by atoms with van der Waals surface area (Å²) >= 11 is 0. The molecule has 0 radical (unpaired) electrons. The lowest BCUT2D eigenvalue weighted by Crippen LogP contribution is -2.47. The first-order valence-corrected chi connectivity index (χ1v) is 4.74. The number of carbonyl (C=O) groups is 1. The topological polar surface area (TPSA) is 53.5 Å². The lowest BCUT2D eigenvalue weighted by atomic mass is 10.1.